The fourth-order valence-corrected chi connectivity index (χ4v) is 2.62. The third-order valence-electron chi connectivity index (χ3n) is 3.43. The smallest absolute Gasteiger partial charge is 0.347 e. The fraction of sp³-hybridized carbons (Fsp3) is 0.263. The first-order chi connectivity index (χ1) is 11.9. The summed E-state index contributed by atoms with van der Waals surface area (Å²) in [6.45, 7) is 4.91. The maximum atomic E-state index is 12.0. The van der Waals surface area contributed by atoms with Gasteiger partial charge in [-0.25, -0.2) is 4.79 Å². The monoisotopic (exact) mass is 361 g/mol. The molecule has 0 unspecified atom stereocenters. The largest absolute Gasteiger partial charge is 0.479 e. The van der Waals surface area contributed by atoms with Crippen molar-refractivity contribution < 1.29 is 19.1 Å². The van der Waals surface area contributed by atoms with Crippen molar-refractivity contribution in [2.75, 3.05) is 11.9 Å². The summed E-state index contributed by atoms with van der Waals surface area (Å²) in [4.78, 5) is 23.9. The highest BCUT2D eigenvalue weighted by atomic mass is 35.5. The van der Waals surface area contributed by atoms with Gasteiger partial charge in [0.25, 0.3) is 5.91 Å². The first-order valence-corrected chi connectivity index (χ1v) is 8.19. The van der Waals surface area contributed by atoms with Crippen molar-refractivity contribution in [2.24, 2.45) is 0 Å². The summed E-state index contributed by atoms with van der Waals surface area (Å²) >= 11 is 6.14. The minimum Gasteiger partial charge on any atom is -0.479 e. The van der Waals surface area contributed by atoms with Crippen molar-refractivity contribution in [1.82, 2.24) is 0 Å². The number of carbonyl (C=O) groups excluding carboxylic acids is 2. The van der Waals surface area contributed by atoms with Gasteiger partial charge in [0, 0.05) is 0 Å². The lowest BCUT2D eigenvalue weighted by Gasteiger charge is -2.15. The first kappa shape index (κ1) is 18.8. The molecule has 1 atom stereocenters. The minimum atomic E-state index is -0.820. The Hall–Kier alpha value is -2.53. The lowest BCUT2D eigenvalue weighted by Crippen LogP contribution is -2.29. The molecule has 0 bridgehead atoms. The molecule has 0 radical (unpaired) electrons. The third-order valence-corrected chi connectivity index (χ3v) is 3.73. The van der Waals surface area contributed by atoms with Crippen LogP contribution in [0.15, 0.2) is 42.5 Å². The molecular weight excluding hydrogens is 342 g/mol. The molecule has 132 valence electrons. The van der Waals surface area contributed by atoms with E-state index in [-0.39, 0.29) is 0 Å². The molecule has 6 heteroatoms. The average Bonchev–Trinajstić information content (AvgIpc) is 2.56. The second kappa shape index (κ2) is 8.53. The predicted molar refractivity (Wildman–Crippen MR) is 97.0 cm³/mol. The molecule has 1 N–H and O–H groups in total. The highest BCUT2D eigenvalue weighted by Crippen LogP contribution is 2.27. The van der Waals surface area contributed by atoms with E-state index in [0.717, 1.165) is 11.1 Å². The molecule has 2 aromatic rings. The van der Waals surface area contributed by atoms with Gasteiger partial charge in [-0.3, -0.25) is 4.79 Å². The van der Waals surface area contributed by atoms with Gasteiger partial charge in [0.1, 0.15) is 5.75 Å². The normalized spacial score (nSPS) is 11.5. The molecule has 0 saturated heterocycles. The van der Waals surface area contributed by atoms with Crippen molar-refractivity contribution in [3.63, 3.8) is 0 Å². The van der Waals surface area contributed by atoms with Crippen LogP contribution >= 0.6 is 11.6 Å². The molecule has 5 nitrogen and oxygen atoms in total. The number of amides is 1. The quantitative estimate of drug-likeness (QED) is 0.792. The van der Waals surface area contributed by atoms with E-state index in [2.05, 4.69) is 5.32 Å². The van der Waals surface area contributed by atoms with Gasteiger partial charge < -0.3 is 14.8 Å². The van der Waals surface area contributed by atoms with Crippen LogP contribution in [0.4, 0.5) is 5.69 Å². The predicted octanol–water partition coefficient (Wildman–Crippen LogP) is 3.91. The number of aryl methyl sites for hydroxylation is 2. The van der Waals surface area contributed by atoms with Crippen molar-refractivity contribution in [2.45, 2.75) is 26.9 Å². The fourth-order valence-electron chi connectivity index (χ4n) is 2.25. The van der Waals surface area contributed by atoms with E-state index in [9.17, 15) is 9.59 Å². The van der Waals surface area contributed by atoms with E-state index in [1.807, 2.05) is 26.0 Å². The SMILES string of the molecule is Cc1cc(C)c(NC(=O)COC(=O)[C@H](C)Oc2ccccc2)c(Cl)c1. The molecule has 0 saturated carbocycles. The van der Waals surface area contributed by atoms with E-state index in [1.165, 1.54) is 0 Å². The second-order valence-electron chi connectivity index (χ2n) is 5.67. The molecule has 2 rings (SSSR count). The Bertz CT molecular complexity index is 738. The number of benzene rings is 2. The van der Waals surface area contributed by atoms with Crippen LogP contribution < -0.4 is 10.1 Å². The van der Waals surface area contributed by atoms with Gasteiger partial charge in [-0.05, 0) is 50.1 Å². The molecule has 0 spiro atoms. The molecule has 0 aliphatic rings. The van der Waals surface area contributed by atoms with Crippen LogP contribution in [0, 0.1) is 13.8 Å². The maximum absolute atomic E-state index is 12.0. The van der Waals surface area contributed by atoms with Crippen molar-refractivity contribution in [3.8, 4) is 5.75 Å². The number of carbonyl (C=O) groups is 2. The van der Waals surface area contributed by atoms with Crippen LogP contribution in [0.25, 0.3) is 0 Å². The van der Waals surface area contributed by atoms with Gasteiger partial charge in [-0.2, -0.15) is 0 Å². The summed E-state index contributed by atoms with van der Waals surface area (Å²) in [5, 5.41) is 3.10. The van der Waals surface area contributed by atoms with Crippen LogP contribution in [-0.4, -0.2) is 24.6 Å². The van der Waals surface area contributed by atoms with E-state index in [0.29, 0.717) is 16.5 Å². The Balaban J connectivity index is 1.86. The highest BCUT2D eigenvalue weighted by molar-refractivity contribution is 6.34. The molecule has 1 amide bonds. The molecule has 2 aromatic carbocycles. The molecule has 0 aliphatic heterocycles. The summed E-state index contributed by atoms with van der Waals surface area (Å²) in [6.07, 6.45) is -0.820. The minimum absolute atomic E-state index is 0.412. The van der Waals surface area contributed by atoms with Crippen molar-refractivity contribution >= 4 is 29.2 Å². The van der Waals surface area contributed by atoms with Crippen LogP contribution in [0.5, 0.6) is 5.75 Å². The second-order valence-corrected chi connectivity index (χ2v) is 6.07. The van der Waals surface area contributed by atoms with Crippen LogP contribution in [0.1, 0.15) is 18.1 Å². The number of esters is 1. The molecule has 0 aliphatic carbocycles. The zero-order valence-electron chi connectivity index (χ0n) is 14.3. The lowest BCUT2D eigenvalue weighted by atomic mass is 10.1. The molecule has 0 heterocycles. The molecule has 25 heavy (non-hydrogen) atoms. The first-order valence-electron chi connectivity index (χ1n) is 7.81. The Morgan fingerprint density at radius 2 is 1.84 bits per heavy atom. The van der Waals surface area contributed by atoms with E-state index < -0.39 is 24.6 Å². The summed E-state index contributed by atoms with van der Waals surface area (Å²) in [5.41, 5.74) is 2.35. The topological polar surface area (TPSA) is 64.6 Å². The zero-order valence-corrected chi connectivity index (χ0v) is 15.1. The maximum Gasteiger partial charge on any atom is 0.347 e. The van der Waals surface area contributed by atoms with Gasteiger partial charge in [0.05, 0.1) is 10.7 Å². The standard InChI is InChI=1S/C19H20ClNO4/c1-12-9-13(2)18(16(20)10-12)21-17(22)11-24-19(23)14(3)25-15-7-5-4-6-8-15/h4-10,14H,11H2,1-3H3,(H,21,22)/t14-/m0/s1. The molecule has 0 aromatic heterocycles. The Kier molecular flexibility index (Phi) is 6.42. The summed E-state index contributed by atoms with van der Waals surface area (Å²) in [5.74, 6) is -0.529. The van der Waals surface area contributed by atoms with Crippen LogP contribution in [0.2, 0.25) is 5.02 Å². The Morgan fingerprint density at radius 3 is 2.48 bits per heavy atom. The summed E-state index contributed by atoms with van der Waals surface area (Å²) in [6, 6.07) is 12.6. The van der Waals surface area contributed by atoms with Crippen molar-refractivity contribution in [1.29, 1.82) is 0 Å². The Morgan fingerprint density at radius 1 is 1.16 bits per heavy atom. The highest BCUT2D eigenvalue weighted by Gasteiger charge is 2.18. The number of ether oxygens (including phenoxy) is 2. The van der Waals surface area contributed by atoms with Crippen LogP contribution in [0.3, 0.4) is 0 Å². The van der Waals surface area contributed by atoms with Crippen molar-refractivity contribution in [3.05, 3.63) is 58.6 Å². The lowest BCUT2D eigenvalue weighted by molar-refractivity contribution is -0.153. The average molecular weight is 362 g/mol. The van der Waals surface area contributed by atoms with E-state index in [1.54, 1.807) is 37.3 Å². The third kappa shape index (κ3) is 5.50. The number of hydrogen-bond acceptors (Lipinski definition) is 4. The molecule has 0 fully saturated rings. The van der Waals surface area contributed by atoms with E-state index >= 15 is 0 Å². The van der Waals surface area contributed by atoms with Gasteiger partial charge in [-0.1, -0.05) is 35.9 Å². The van der Waals surface area contributed by atoms with Gasteiger partial charge >= 0.3 is 5.97 Å². The Labute approximate surface area is 151 Å². The van der Waals surface area contributed by atoms with Gasteiger partial charge in [0.15, 0.2) is 12.7 Å². The zero-order chi connectivity index (χ0) is 18.4. The number of hydrogen-bond donors (Lipinski definition) is 1. The number of rotatable bonds is 6. The van der Waals surface area contributed by atoms with Crippen LogP contribution in [-0.2, 0) is 14.3 Å². The number of halogens is 1. The van der Waals surface area contributed by atoms with Gasteiger partial charge in [-0.15, -0.1) is 0 Å². The number of anilines is 1. The molecular formula is C19H20ClNO4. The number of nitrogens with one attached hydrogen (secondary N) is 1. The van der Waals surface area contributed by atoms with E-state index in [4.69, 9.17) is 21.1 Å². The number of para-hydroxylation sites is 1. The summed E-state index contributed by atoms with van der Waals surface area (Å²) in [7, 11) is 0. The van der Waals surface area contributed by atoms with Gasteiger partial charge in [0.2, 0.25) is 0 Å². The summed E-state index contributed by atoms with van der Waals surface area (Å²) < 4.78 is 10.4.